The molecule has 0 fully saturated rings. The molecule has 2 heterocycles. The van der Waals surface area contributed by atoms with Crippen LogP contribution in [0.25, 0.3) is 17.2 Å². The Bertz CT molecular complexity index is 1110. The quantitative estimate of drug-likeness (QED) is 0.537. The van der Waals surface area contributed by atoms with Crippen LogP contribution in [0.1, 0.15) is 11.3 Å². The molecule has 0 spiro atoms. The van der Waals surface area contributed by atoms with Crippen molar-refractivity contribution >= 4 is 27.4 Å². The molecule has 2 N–H and O–H groups in total. The minimum atomic E-state index is -0.187. The Labute approximate surface area is 158 Å². The summed E-state index contributed by atoms with van der Waals surface area (Å²) >= 11 is 3.41. The zero-order valence-electron chi connectivity index (χ0n) is 14.0. The molecule has 0 radical (unpaired) electrons. The van der Waals surface area contributed by atoms with Gasteiger partial charge in [-0.25, -0.2) is 4.98 Å². The van der Waals surface area contributed by atoms with Crippen LogP contribution in [0.5, 0.6) is 0 Å². The average Bonchev–Trinajstić information content (AvgIpc) is 3.07. The summed E-state index contributed by atoms with van der Waals surface area (Å²) in [6, 6.07) is 17.3. The molecule has 4 aromatic rings. The van der Waals surface area contributed by atoms with Crippen LogP contribution < -0.4 is 10.9 Å². The number of nitrogens with zero attached hydrogens (tertiary/aromatic N) is 3. The lowest BCUT2D eigenvalue weighted by Gasteiger charge is -2.05. The molecule has 130 valence electrons. The fourth-order valence-electron chi connectivity index (χ4n) is 2.62. The van der Waals surface area contributed by atoms with Gasteiger partial charge in [-0.05, 0) is 31.2 Å². The van der Waals surface area contributed by atoms with Crippen LogP contribution in [0.15, 0.2) is 63.9 Å². The van der Waals surface area contributed by atoms with E-state index < -0.39 is 0 Å². The van der Waals surface area contributed by atoms with Crippen molar-refractivity contribution in [1.82, 2.24) is 19.6 Å². The van der Waals surface area contributed by atoms with E-state index in [0.717, 1.165) is 15.7 Å². The van der Waals surface area contributed by atoms with Crippen molar-refractivity contribution in [2.45, 2.75) is 13.5 Å². The Balaban J connectivity index is 1.62. The number of H-pyrrole nitrogens is 1. The smallest absolute Gasteiger partial charge is 0.274 e. The van der Waals surface area contributed by atoms with E-state index in [-0.39, 0.29) is 5.56 Å². The largest absolute Gasteiger partial charge is 0.379 e. The predicted molar refractivity (Wildman–Crippen MR) is 105 cm³/mol. The van der Waals surface area contributed by atoms with Crippen LogP contribution in [0.2, 0.25) is 0 Å². The Morgan fingerprint density at radius 1 is 1.08 bits per heavy atom. The Morgan fingerprint density at radius 2 is 1.81 bits per heavy atom. The van der Waals surface area contributed by atoms with Gasteiger partial charge >= 0.3 is 0 Å². The van der Waals surface area contributed by atoms with Gasteiger partial charge in [-0.3, -0.25) is 9.89 Å². The normalized spacial score (nSPS) is 11.0. The number of fused-ring (bicyclic) bond motifs is 1. The highest BCUT2D eigenvalue weighted by Gasteiger charge is 2.09. The Kier molecular flexibility index (Phi) is 4.30. The second-order valence-electron chi connectivity index (χ2n) is 6.02. The van der Waals surface area contributed by atoms with Crippen molar-refractivity contribution in [2.75, 3.05) is 5.32 Å². The molecule has 4 rings (SSSR count). The van der Waals surface area contributed by atoms with Crippen LogP contribution in [0, 0.1) is 6.92 Å². The maximum absolute atomic E-state index is 12.4. The number of hydrogen-bond acceptors (Lipinski definition) is 4. The Morgan fingerprint density at radius 3 is 2.54 bits per heavy atom. The molecule has 0 atom stereocenters. The molecule has 0 saturated carbocycles. The van der Waals surface area contributed by atoms with Gasteiger partial charge in [-0.1, -0.05) is 45.8 Å². The van der Waals surface area contributed by atoms with Gasteiger partial charge in [-0.15, -0.1) is 0 Å². The minimum Gasteiger partial charge on any atom is -0.379 e. The standard InChI is InChI=1S/C19H16BrN5O/c1-12-2-4-13(5-3-12)18-23-19-22-16(10-17(26)25(19)24-18)11-21-15-8-6-14(20)7-9-15/h2-10,21H,11H2,1H3,(H,22,23,24). The molecule has 26 heavy (non-hydrogen) atoms. The summed E-state index contributed by atoms with van der Waals surface area (Å²) in [4.78, 5) is 21.3. The molecule has 0 aliphatic carbocycles. The Hall–Kier alpha value is -2.93. The van der Waals surface area contributed by atoms with E-state index in [4.69, 9.17) is 0 Å². The number of aromatic nitrogens is 4. The first-order chi connectivity index (χ1) is 12.6. The lowest BCUT2D eigenvalue weighted by Crippen LogP contribution is -2.17. The molecule has 2 aromatic carbocycles. The third-order valence-corrected chi connectivity index (χ3v) is 4.56. The number of aromatic amines is 1. The highest BCUT2D eigenvalue weighted by Crippen LogP contribution is 2.17. The van der Waals surface area contributed by atoms with E-state index in [2.05, 4.69) is 36.3 Å². The van der Waals surface area contributed by atoms with E-state index in [1.54, 1.807) is 0 Å². The first-order valence-electron chi connectivity index (χ1n) is 8.14. The van der Waals surface area contributed by atoms with Gasteiger partial charge in [-0.2, -0.15) is 9.50 Å². The summed E-state index contributed by atoms with van der Waals surface area (Å²) in [5, 5.41) is 6.27. The van der Waals surface area contributed by atoms with Crippen LogP contribution in [-0.2, 0) is 6.54 Å². The summed E-state index contributed by atoms with van der Waals surface area (Å²) < 4.78 is 2.37. The zero-order chi connectivity index (χ0) is 18.1. The minimum absolute atomic E-state index is 0.187. The molecule has 0 bridgehead atoms. The van der Waals surface area contributed by atoms with Gasteiger partial charge in [0.25, 0.3) is 11.3 Å². The number of halogens is 1. The van der Waals surface area contributed by atoms with Crippen molar-refractivity contribution in [3.63, 3.8) is 0 Å². The third kappa shape index (κ3) is 3.39. The molecule has 6 nitrogen and oxygen atoms in total. The summed E-state index contributed by atoms with van der Waals surface area (Å²) in [5.74, 6) is 0.980. The number of hydrogen-bond donors (Lipinski definition) is 2. The summed E-state index contributed by atoms with van der Waals surface area (Å²) in [6.07, 6.45) is 0. The van der Waals surface area contributed by atoms with E-state index in [9.17, 15) is 4.79 Å². The molecule has 2 aromatic heterocycles. The highest BCUT2D eigenvalue weighted by atomic mass is 79.9. The van der Waals surface area contributed by atoms with Crippen molar-refractivity contribution in [3.8, 4) is 11.4 Å². The van der Waals surface area contributed by atoms with Crippen LogP contribution >= 0.6 is 15.9 Å². The van der Waals surface area contributed by atoms with Crippen molar-refractivity contribution in [1.29, 1.82) is 0 Å². The molecule has 0 amide bonds. The SMILES string of the molecule is Cc1ccc(-c2nc3nc(CNc4ccc(Br)cc4)cc(=O)n3[nH]2)cc1. The maximum atomic E-state index is 12.4. The molecule has 7 heteroatoms. The molecule has 0 unspecified atom stereocenters. The van der Waals surface area contributed by atoms with Gasteiger partial charge < -0.3 is 5.32 Å². The van der Waals surface area contributed by atoms with Crippen molar-refractivity contribution < 1.29 is 0 Å². The first kappa shape index (κ1) is 16.5. The van der Waals surface area contributed by atoms with E-state index in [1.807, 2.05) is 55.5 Å². The van der Waals surface area contributed by atoms with Gasteiger partial charge in [0.15, 0.2) is 5.82 Å². The first-order valence-corrected chi connectivity index (χ1v) is 8.93. The van der Waals surface area contributed by atoms with Crippen molar-refractivity contribution in [3.05, 3.63) is 80.7 Å². The zero-order valence-corrected chi connectivity index (χ0v) is 15.6. The second-order valence-corrected chi connectivity index (χ2v) is 6.94. The monoisotopic (exact) mass is 409 g/mol. The summed E-state index contributed by atoms with van der Waals surface area (Å²) in [7, 11) is 0. The van der Waals surface area contributed by atoms with Crippen LogP contribution in [-0.4, -0.2) is 19.6 Å². The fraction of sp³-hybridized carbons (Fsp3) is 0.105. The topological polar surface area (TPSA) is 75.1 Å². The second kappa shape index (κ2) is 6.76. The molecule has 0 aliphatic rings. The number of rotatable bonds is 4. The summed E-state index contributed by atoms with van der Waals surface area (Å²) in [6.45, 7) is 2.47. The molecule has 0 aliphatic heterocycles. The number of benzene rings is 2. The number of nitrogens with one attached hydrogen (secondary N) is 2. The van der Waals surface area contributed by atoms with Gasteiger partial charge in [0, 0.05) is 21.8 Å². The van der Waals surface area contributed by atoms with Gasteiger partial charge in [0.1, 0.15) is 0 Å². The lowest BCUT2D eigenvalue weighted by atomic mass is 10.1. The third-order valence-electron chi connectivity index (χ3n) is 4.03. The van der Waals surface area contributed by atoms with Crippen LogP contribution in [0.4, 0.5) is 5.69 Å². The van der Waals surface area contributed by atoms with E-state index in [0.29, 0.717) is 23.8 Å². The lowest BCUT2D eigenvalue weighted by molar-refractivity contribution is 0.879. The van der Waals surface area contributed by atoms with Gasteiger partial charge in [0.2, 0.25) is 0 Å². The predicted octanol–water partition coefficient (Wildman–Crippen LogP) is 3.77. The van der Waals surface area contributed by atoms with E-state index in [1.165, 1.54) is 16.1 Å². The molecular formula is C19H16BrN5O. The number of anilines is 1. The maximum Gasteiger partial charge on any atom is 0.274 e. The van der Waals surface area contributed by atoms with Crippen molar-refractivity contribution in [2.24, 2.45) is 0 Å². The van der Waals surface area contributed by atoms with Gasteiger partial charge in [0.05, 0.1) is 12.2 Å². The highest BCUT2D eigenvalue weighted by molar-refractivity contribution is 9.10. The molecule has 0 saturated heterocycles. The molecular weight excluding hydrogens is 394 g/mol. The van der Waals surface area contributed by atoms with E-state index >= 15 is 0 Å². The van der Waals surface area contributed by atoms with Crippen LogP contribution in [0.3, 0.4) is 0 Å². The average molecular weight is 410 g/mol. The number of aryl methyl sites for hydroxylation is 1. The fourth-order valence-corrected chi connectivity index (χ4v) is 2.88. The summed E-state index contributed by atoms with van der Waals surface area (Å²) in [5.41, 5.74) is 3.49.